The summed E-state index contributed by atoms with van der Waals surface area (Å²) in [4.78, 5) is 12.3. The van der Waals surface area contributed by atoms with Crippen LogP contribution in [-0.2, 0) is 0 Å². The highest BCUT2D eigenvalue weighted by Gasteiger charge is 2.38. The summed E-state index contributed by atoms with van der Waals surface area (Å²) in [5.41, 5.74) is 0.0285. The minimum atomic E-state index is -0.111. The lowest BCUT2D eigenvalue weighted by molar-refractivity contribution is 0.0852. The molecule has 1 aromatic rings. The van der Waals surface area contributed by atoms with Crippen molar-refractivity contribution in [2.24, 2.45) is 0 Å². The molecule has 2 aliphatic rings. The standard InChI is InChI=1S/C20H31N3O3/c1-19(2)11-14(12-20(3,4)23-19)22-18(24)21-10-9-15-13-25-16-7-5-6-8-17(16)26-15/h5-8,14-15,23H,9-13H2,1-4H3,(H2,21,22,24). The van der Waals surface area contributed by atoms with E-state index in [0.717, 1.165) is 24.3 Å². The van der Waals surface area contributed by atoms with E-state index in [9.17, 15) is 4.79 Å². The number of nitrogens with one attached hydrogen (secondary N) is 3. The van der Waals surface area contributed by atoms with Crippen LogP contribution in [-0.4, -0.2) is 42.4 Å². The van der Waals surface area contributed by atoms with Crippen molar-refractivity contribution in [3.05, 3.63) is 24.3 Å². The van der Waals surface area contributed by atoms with E-state index in [0.29, 0.717) is 19.6 Å². The highest BCUT2D eigenvalue weighted by molar-refractivity contribution is 5.74. The first-order valence-electron chi connectivity index (χ1n) is 9.45. The lowest BCUT2D eigenvalue weighted by atomic mass is 9.80. The minimum absolute atomic E-state index is 0.0142. The molecule has 2 aliphatic heterocycles. The van der Waals surface area contributed by atoms with Crippen LogP contribution in [0, 0.1) is 0 Å². The molecule has 0 aliphatic carbocycles. The van der Waals surface area contributed by atoms with Gasteiger partial charge in [-0.15, -0.1) is 0 Å². The normalized spacial score (nSPS) is 23.9. The maximum absolute atomic E-state index is 12.3. The summed E-state index contributed by atoms with van der Waals surface area (Å²) in [5.74, 6) is 1.55. The molecule has 1 fully saturated rings. The van der Waals surface area contributed by atoms with Crippen molar-refractivity contribution in [3.8, 4) is 11.5 Å². The van der Waals surface area contributed by atoms with Crippen LogP contribution < -0.4 is 25.4 Å². The Kier molecular flexibility index (Phi) is 5.32. The largest absolute Gasteiger partial charge is 0.486 e. The van der Waals surface area contributed by atoms with Crippen LogP contribution in [0.3, 0.4) is 0 Å². The smallest absolute Gasteiger partial charge is 0.315 e. The zero-order chi connectivity index (χ0) is 18.8. The Morgan fingerprint density at radius 2 is 1.81 bits per heavy atom. The number of rotatable bonds is 4. The Balaban J connectivity index is 1.41. The number of urea groups is 1. The molecule has 2 amide bonds. The van der Waals surface area contributed by atoms with Crippen LogP contribution in [0.1, 0.15) is 47.0 Å². The van der Waals surface area contributed by atoms with E-state index >= 15 is 0 Å². The third-order valence-corrected chi connectivity index (χ3v) is 4.84. The molecule has 0 spiro atoms. The molecule has 6 heteroatoms. The maximum atomic E-state index is 12.3. The van der Waals surface area contributed by atoms with E-state index in [1.807, 2.05) is 24.3 Å². The summed E-state index contributed by atoms with van der Waals surface area (Å²) >= 11 is 0. The summed E-state index contributed by atoms with van der Waals surface area (Å²) in [6, 6.07) is 7.72. The summed E-state index contributed by atoms with van der Waals surface area (Å²) in [5, 5.41) is 9.70. The number of carbonyl (C=O) groups is 1. The van der Waals surface area contributed by atoms with Crippen LogP contribution in [0.2, 0.25) is 0 Å². The van der Waals surface area contributed by atoms with Gasteiger partial charge >= 0.3 is 6.03 Å². The summed E-state index contributed by atoms with van der Waals surface area (Å²) < 4.78 is 11.6. The fourth-order valence-electron chi connectivity index (χ4n) is 4.21. The molecule has 0 radical (unpaired) electrons. The number of ether oxygens (including phenoxy) is 2. The molecule has 1 unspecified atom stereocenters. The average molecular weight is 361 g/mol. The van der Waals surface area contributed by atoms with Crippen molar-refractivity contribution in [1.29, 1.82) is 0 Å². The topological polar surface area (TPSA) is 71.6 Å². The number of hydrogen-bond acceptors (Lipinski definition) is 4. The van der Waals surface area contributed by atoms with Gasteiger partial charge in [0.2, 0.25) is 0 Å². The molecule has 3 rings (SSSR count). The zero-order valence-corrected chi connectivity index (χ0v) is 16.2. The fraction of sp³-hybridized carbons (Fsp3) is 0.650. The lowest BCUT2D eigenvalue weighted by Gasteiger charge is -2.46. The number of piperidine rings is 1. The van der Waals surface area contributed by atoms with E-state index < -0.39 is 0 Å². The van der Waals surface area contributed by atoms with Gasteiger partial charge in [-0.3, -0.25) is 0 Å². The van der Waals surface area contributed by atoms with Gasteiger partial charge in [-0.25, -0.2) is 4.79 Å². The summed E-state index contributed by atoms with van der Waals surface area (Å²) in [6.45, 7) is 9.78. The lowest BCUT2D eigenvalue weighted by Crippen LogP contribution is -2.62. The first kappa shape index (κ1) is 18.8. The van der Waals surface area contributed by atoms with Crippen LogP contribution in [0.15, 0.2) is 24.3 Å². The van der Waals surface area contributed by atoms with Crippen molar-refractivity contribution in [2.75, 3.05) is 13.2 Å². The molecule has 6 nitrogen and oxygen atoms in total. The van der Waals surface area contributed by atoms with Crippen molar-refractivity contribution >= 4 is 6.03 Å². The summed E-state index contributed by atoms with van der Waals surface area (Å²) in [7, 11) is 0. The molecular formula is C20H31N3O3. The van der Waals surface area contributed by atoms with E-state index in [2.05, 4.69) is 43.6 Å². The molecule has 0 bridgehead atoms. The molecule has 3 N–H and O–H groups in total. The average Bonchev–Trinajstić information content (AvgIpc) is 2.51. The van der Waals surface area contributed by atoms with Crippen LogP contribution >= 0.6 is 0 Å². The first-order valence-corrected chi connectivity index (χ1v) is 9.45. The second-order valence-corrected chi connectivity index (χ2v) is 8.68. The number of hydrogen-bond donors (Lipinski definition) is 3. The third kappa shape index (κ3) is 5.04. The van der Waals surface area contributed by atoms with E-state index in [1.165, 1.54) is 0 Å². The van der Waals surface area contributed by atoms with E-state index in [4.69, 9.17) is 9.47 Å². The van der Waals surface area contributed by atoms with Gasteiger partial charge in [0.1, 0.15) is 12.7 Å². The number of carbonyl (C=O) groups excluding carboxylic acids is 1. The van der Waals surface area contributed by atoms with Gasteiger partial charge in [-0.1, -0.05) is 12.1 Å². The predicted molar refractivity (Wildman–Crippen MR) is 102 cm³/mol. The monoisotopic (exact) mass is 361 g/mol. The molecule has 1 atom stereocenters. The second kappa shape index (κ2) is 7.35. The van der Waals surface area contributed by atoms with Gasteiger partial charge in [0.05, 0.1) is 0 Å². The quantitative estimate of drug-likeness (QED) is 0.771. The Hall–Kier alpha value is -1.95. The molecule has 0 saturated carbocycles. The van der Waals surface area contributed by atoms with Gasteiger partial charge in [0, 0.05) is 30.1 Å². The Bertz CT molecular complexity index is 629. The van der Waals surface area contributed by atoms with Crippen molar-refractivity contribution in [3.63, 3.8) is 0 Å². The van der Waals surface area contributed by atoms with Crippen molar-refractivity contribution < 1.29 is 14.3 Å². The van der Waals surface area contributed by atoms with Gasteiger partial charge in [0.25, 0.3) is 0 Å². The molecule has 1 aromatic carbocycles. The Morgan fingerprint density at radius 1 is 1.15 bits per heavy atom. The number of benzene rings is 1. The van der Waals surface area contributed by atoms with Crippen molar-refractivity contribution in [2.45, 2.75) is 70.2 Å². The summed E-state index contributed by atoms with van der Waals surface area (Å²) in [6.07, 6.45) is 2.51. The Labute approximate surface area is 156 Å². The van der Waals surface area contributed by atoms with Gasteiger partial charge in [-0.2, -0.15) is 0 Å². The Morgan fingerprint density at radius 3 is 2.50 bits per heavy atom. The highest BCUT2D eigenvalue weighted by atomic mass is 16.6. The van der Waals surface area contributed by atoms with E-state index in [-0.39, 0.29) is 29.3 Å². The molecule has 144 valence electrons. The van der Waals surface area contributed by atoms with Crippen molar-refractivity contribution in [1.82, 2.24) is 16.0 Å². The van der Waals surface area contributed by atoms with Gasteiger partial charge < -0.3 is 25.4 Å². The van der Waals surface area contributed by atoms with E-state index in [1.54, 1.807) is 0 Å². The van der Waals surface area contributed by atoms with Gasteiger partial charge in [-0.05, 0) is 52.7 Å². The van der Waals surface area contributed by atoms with Crippen LogP contribution in [0.25, 0.3) is 0 Å². The SMILES string of the molecule is CC1(C)CC(NC(=O)NCCC2COc3ccccc3O2)CC(C)(C)N1. The zero-order valence-electron chi connectivity index (χ0n) is 16.2. The van der Waals surface area contributed by atoms with Crippen LogP contribution in [0.4, 0.5) is 4.79 Å². The highest BCUT2D eigenvalue weighted by Crippen LogP contribution is 2.31. The fourth-order valence-corrected chi connectivity index (χ4v) is 4.21. The van der Waals surface area contributed by atoms with Crippen LogP contribution in [0.5, 0.6) is 11.5 Å². The molecule has 26 heavy (non-hydrogen) atoms. The molecule has 1 saturated heterocycles. The first-order chi connectivity index (χ1) is 12.2. The minimum Gasteiger partial charge on any atom is -0.486 e. The maximum Gasteiger partial charge on any atom is 0.315 e. The predicted octanol–water partition coefficient (Wildman–Crippen LogP) is 2.82. The number of fused-ring (bicyclic) bond motifs is 1. The number of para-hydroxylation sites is 2. The molecule has 0 aromatic heterocycles. The second-order valence-electron chi connectivity index (χ2n) is 8.68. The third-order valence-electron chi connectivity index (χ3n) is 4.84. The molecule has 2 heterocycles. The van der Waals surface area contributed by atoms with Gasteiger partial charge in [0.15, 0.2) is 11.5 Å². The number of amides is 2. The molecular weight excluding hydrogens is 330 g/mol.